The molecule has 23 heavy (non-hydrogen) atoms. The van der Waals surface area contributed by atoms with E-state index in [1.165, 1.54) is 12.1 Å². The van der Waals surface area contributed by atoms with Crippen molar-refractivity contribution in [1.29, 1.82) is 0 Å². The fourth-order valence-electron chi connectivity index (χ4n) is 3.37. The summed E-state index contributed by atoms with van der Waals surface area (Å²) in [5, 5.41) is 30.4. The summed E-state index contributed by atoms with van der Waals surface area (Å²) in [7, 11) is 0. The highest BCUT2D eigenvalue weighted by Crippen LogP contribution is 2.30. The first-order valence-electron chi connectivity index (χ1n) is 8.36. The minimum atomic E-state index is -0.821. The second kappa shape index (κ2) is 7.71. The Morgan fingerprint density at radius 1 is 1.30 bits per heavy atom. The molecule has 0 spiro atoms. The molecule has 0 aromatic heterocycles. The van der Waals surface area contributed by atoms with E-state index in [1.54, 1.807) is 26.0 Å². The van der Waals surface area contributed by atoms with Crippen molar-refractivity contribution < 1.29 is 19.7 Å². The van der Waals surface area contributed by atoms with Crippen LogP contribution in [0.4, 0.5) is 4.39 Å². The molecule has 1 aromatic rings. The summed E-state index contributed by atoms with van der Waals surface area (Å²) in [6.07, 6.45) is 0.933. The quantitative estimate of drug-likeness (QED) is 0.749. The van der Waals surface area contributed by atoms with Crippen LogP contribution in [0.5, 0.6) is 0 Å². The van der Waals surface area contributed by atoms with E-state index in [9.17, 15) is 19.7 Å². The van der Waals surface area contributed by atoms with Gasteiger partial charge in [0.2, 0.25) is 0 Å². The van der Waals surface area contributed by atoms with Crippen LogP contribution < -0.4 is 0 Å². The van der Waals surface area contributed by atoms with Crippen LogP contribution in [0.2, 0.25) is 0 Å². The van der Waals surface area contributed by atoms with E-state index in [2.05, 4.69) is 4.90 Å². The number of aliphatic hydroxyl groups is 3. The highest BCUT2D eigenvalue weighted by atomic mass is 19.1. The van der Waals surface area contributed by atoms with E-state index in [-0.39, 0.29) is 11.7 Å². The fourth-order valence-corrected chi connectivity index (χ4v) is 3.37. The Kier molecular flexibility index (Phi) is 6.14. The second-order valence-electron chi connectivity index (χ2n) is 6.96. The third-order valence-electron chi connectivity index (χ3n) is 4.98. The molecule has 1 heterocycles. The van der Waals surface area contributed by atoms with E-state index in [4.69, 9.17) is 0 Å². The maximum atomic E-state index is 12.9. The third-order valence-corrected chi connectivity index (χ3v) is 4.98. The van der Waals surface area contributed by atoms with Gasteiger partial charge in [-0.05, 0) is 57.4 Å². The predicted octanol–water partition coefficient (Wildman–Crippen LogP) is 2.09. The first-order chi connectivity index (χ1) is 10.8. The minimum Gasteiger partial charge on any atom is -0.393 e. The molecule has 4 atom stereocenters. The maximum Gasteiger partial charge on any atom is 0.123 e. The summed E-state index contributed by atoms with van der Waals surface area (Å²) in [5.74, 6) is -0.455. The molecule has 0 aliphatic carbocycles. The van der Waals surface area contributed by atoms with Gasteiger partial charge in [-0.1, -0.05) is 12.1 Å². The van der Waals surface area contributed by atoms with Crippen LogP contribution in [0.15, 0.2) is 24.3 Å². The van der Waals surface area contributed by atoms with E-state index in [1.807, 2.05) is 0 Å². The molecule has 1 fully saturated rings. The van der Waals surface area contributed by atoms with Crippen molar-refractivity contribution in [3.63, 3.8) is 0 Å². The molecule has 3 N–H and O–H groups in total. The number of benzene rings is 1. The zero-order valence-corrected chi connectivity index (χ0v) is 14.0. The molecular formula is C18H28FNO3. The van der Waals surface area contributed by atoms with Gasteiger partial charge >= 0.3 is 0 Å². The van der Waals surface area contributed by atoms with Crippen molar-refractivity contribution in [2.45, 2.75) is 50.9 Å². The van der Waals surface area contributed by atoms with Crippen molar-refractivity contribution in [3.8, 4) is 0 Å². The lowest BCUT2D eigenvalue weighted by molar-refractivity contribution is -0.0990. The predicted molar refractivity (Wildman–Crippen MR) is 87.4 cm³/mol. The summed E-state index contributed by atoms with van der Waals surface area (Å²) in [5.41, 5.74) is -0.0898. The highest BCUT2D eigenvalue weighted by Gasteiger charge is 2.39. The topological polar surface area (TPSA) is 63.9 Å². The Morgan fingerprint density at radius 2 is 1.96 bits per heavy atom. The number of rotatable bonds is 6. The molecule has 0 amide bonds. The van der Waals surface area contributed by atoms with Crippen LogP contribution in [0.3, 0.4) is 0 Å². The molecule has 130 valence electrons. The van der Waals surface area contributed by atoms with E-state index in [0.717, 1.165) is 25.1 Å². The molecule has 2 rings (SSSR count). The number of aliphatic hydroxyl groups excluding tert-OH is 2. The van der Waals surface area contributed by atoms with Gasteiger partial charge in [0.25, 0.3) is 0 Å². The van der Waals surface area contributed by atoms with Gasteiger partial charge < -0.3 is 20.2 Å². The molecule has 1 saturated heterocycles. The van der Waals surface area contributed by atoms with Crippen LogP contribution in [0.25, 0.3) is 0 Å². The van der Waals surface area contributed by atoms with Gasteiger partial charge in [-0.3, -0.25) is 0 Å². The van der Waals surface area contributed by atoms with Crippen LogP contribution in [0, 0.1) is 11.7 Å². The highest BCUT2D eigenvalue weighted by molar-refractivity contribution is 5.18. The van der Waals surface area contributed by atoms with Crippen LogP contribution >= 0.6 is 0 Å². The van der Waals surface area contributed by atoms with Gasteiger partial charge in [0, 0.05) is 19.0 Å². The van der Waals surface area contributed by atoms with Crippen LogP contribution in [0.1, 0.15) is 44.8 Å². The van der Waals surface area contributed by atoms with Gasteiger partial charge in [-0.15, -0.1) is 0 Å². The average Bonchev–Trinajstić information content (AvgIpc) is 2.48. The van der Waals surface area contributed by atoms with Crippen LogP contribution in [-0.4, -0.2) is 51.6 Å². The average molecular weight is 325 g/mol. The number of hydrogen-bond acceptors (Lipinski definition) is 4. The van der Waals surface area contributed by atoms with E-state index >= 15 is 0 Å². The monoisotopic (exact) mass is 325 g/mol. The second-order valence-corrected chi connectivity index (χ2v) is 6.96. The molecule has 0 radical (unpaired) electrons. The Balaban J connectivity index is 1.79. The fraction of sp³-hybridized carbons (Fsp3) is 0.667. The molecule has 1 aliphatic heterocycles. The van der Waals surface area contributed by atoms with E-state index < -0.39 is 17.8 Å². The summed E-state index contributed by atoms with van der Waals surface area (Å²) in [6, 6.07) is 5.94. The molecule has 0 bridgehead atoms. The summed E-state index contributed by atoms with van der Waals surface area (Å²) in [6.45, 7) is 5.79. The van der Waals surface area contributed by atoms with Gasteiger partial charge in [-0.25, -0.2) is 4.39 Å². The Morgan fingerprint density at radius 3 is 2.57 bits per heavy atom. The third kappa shape index (κ3) is 4.98. The summed E-state index contributed by atoms with van der Waals surface area (Å²) in [4.78, 5) is 2.23. The summed E-state index contributed by atoms with van der Waals surface area (Å²) < 4.78 is 12.9. The Bertz CT molecular complexity index is 490. The van der Waals surface area contributed by atoms with Gasteiger partial charge in [0.15, 0.2) is 0 Å². The smallest absolute Gasteiger partial charge is 0.123 e. The first kappa shape index (κ1) is 18.3. The minimum absolute atomic E-state index is 0.154. The number of piperidine rings is 1. The van der Waals surface area contributed by atoms with Crippen LogP contribution in [-0.2, 0) is 0 Å². The molecular weight excluding hydrogens is 297 g/mol. The van der Waals surface area contributed by atoms with Crippen molar-refractivity contribution in [2.75, 3.05) is 19.6 Å². The maximum absolute atomic E-state index is 12.9. The molecule has 1 aromatic carbocycles. The largest absolute Gasteiger partial charge is 0.393 e. The first-order valence-corrected chi connectivity index (χ1v) is 8.36. The molecule has 1 aliphatic rings. The van der Waals surface area contributed by atoms with Crippen molar-refractivity contribution in [3.05, 3.63) is 35.6 Å². The van der Waals surface area contributed by atoms with Crippen molar-refractivity contribution in [1.82, 2.24) is 4.90 Å². The standard InChI is InChI=1S/C18H28FNO3/c1-13(21)16-12-20(11-9-18(16,2)23)10-3-4-17(22)14-5-7-15(19)8-6-14/h5-8,13,16-17,21-23H,3-4,9-12H2,1-2H3/t13?,16-,17?,18-/m1/s1. The molecule has 4 nitrogen and oxygen atoms in total. The number of hydrogen-bond donors (Lipinski definition) is 3. The number of nitrogens with zero attached hydrogens (tertiary/aromatic N) is 1. The van der Waals surface area contributed by atoms with E-state index in [0.29, 0.717) is 19.4 Å². The van der Waals surface area contributed by atoms with Gasteiger partial charge in [-0.2, -0.15) is 0 Å². The SMILES string of the molecule is CC(O)[C@H]1CN(CCCC(O)c2ccc(F)cc2)CC[C@@]1(C)O. The Hall–Kier alpha value is -1.01. The van der Waals surface area contributed by atoms with Crippen molar-refractivity contribution in [2.24, 2.45) is 5.92 Å². The summed E-state index contributed by atoms with van der Waals surface area (Å²) >= 11 is 0. The zero-order valence-electron chi connectivity index (χ0n) is 14.0. The lowest BCUT2D eigenvalue weighted by atomic mass is 9.79. The van der Waals surface area contributed by atoms with Gasteiger partial charge in [0.05, 0.1) is 17.8 Å². The number of halogens is 1. The lowest BCUT2D eigenvalue weighted by Gasteiger charge is -2.44. The molecule has 5 heteroatoms. The molecule has 2 unspecified atom stereocenters. The molecule has 0 saturated carbocycles. The van der Waals surface area contributed by atoms with Crippen molar-refractivity contribution >= 4 is 0 Å². The normalized spacial score (nSPS) is 28.5. The number of likely N-dealkylation sites (tertiary alicyclic amines) is 1. The zero-order chi connectivity index (χ0) is 17.0. The lowest BCUT2D eigenvalue weighted by Crippen LogP contribution is -2.54. The van der Waals surface area contributed by atoms with Gasteiger partial charge in [0.1, 0.15) is 5.82 Å². The Labute approximate surface area is 137 Å².